The van der Waals surface area contributed by atoms with Crippen LogP contribution in [0.2, 0.25) is 0 Å². The highest BCUT2D eigenvalue weighted by Gasteiger charge is 2.27. The van der Waals surface area contributed by atoms with Crippen LogP contribution in [0.5, 0.6) is 0 Å². The monoisotopic (exact) mass is 261 g/mol. The summed E-state index contributed by atoms with van der Waals surface area (Å²) in [5.41, 5.74) is 9.06. The van der Waals surface area contributed by atoms with E-state index in [2.05, 4.69) is 55.8 Å². The first-order chi connectivity index (χ1) is 8.89. The lowest BCUT2D eigenvalue weighted by Gasteiger charge is -2.33. The molecule has 19 heavy (non-hydrogen) atoms. The zero-order valence-corrected chi connectivity index (χ0v) is 12.7. The molecule has 3 heteroatoms. The average Bonchev–Trinajstić information content (AvgIpc) is 2.73. The van der Waals surface area contributed by atoms with E-state index in [1.165, 1.54) is 5.57 Å². The van der Waals surface area contributed by atoms with Gasteiger partial charge >= 0.3 is 0 Å². The second-order valence-corrected chi connectivity index (χ2v) is 6.76. The highest BCUT2D eigenvalue weighted by molar-refractivity contribution is 5.20. The van der Waals surface area contributed by atoms with Crippen LogP contribution in [0.15, 0.2) is 23.9 Å². The Balaban J connectivity index is 2.07. The summed E-state index contributed by atoms with van der Waals surface area (Å²) in [7, 11) is 0. The van der Waals surface area contributed by atoms with E-state index in [4.69, 9.17) is 5.73 Å². The largest absolute Gasteiger partial charge is 0.324 e. The Hall–Kier alpha value is -1.09. The van der Waals surface area contributed by atoms with Crippen LogP contribution in [0, 0.1) is 5.41 Å². The minimum atomic E-state index is 0.204. The Bertz CT molecular complexity index is 456. The molecule has 0 spiro atoms. The van der Waals surface area contributed by atoms with Crippen molar-refractivity contribution in [3.05, 3.63) is 29.6 Å². The lowest BCUT2D eigenvalue weighted by Crippen LogP contribution is -2.31. The van der Waals surface area contributed by atoms with E-state index in [9.17, 15) is 0 Å². The summed E-state index contributed by atoms with van der Waals surface area (Å²) in [6, 6.07) is 2.82. The molecule has 106 valence electrons. The summed E-state index contributed by atoms with van der Waals surface area (Å²) < 4.78 is 2.07. The first-order valence-electron chi connectivity index (χ1n) is 7.39. The Morgan fingerprint density at radius 2 is 2.26 bits per heavy atom. The zero-order chi connectivity index (χ0) is 14.0. The molecule has 0 aromatic carbocycles. The molecule has 0 saturated carbocycles. The topological polar surface area (TPSA) is 43.8 Å². The molecule has 0 aliphatic heterocycles. The lowest BCUT2D eigenvalue weighted by atomic mass is 9.74. The Labute approximate surface area is 116 Å². The molecule has 1 aliphatic carbocycles. The summed E-state index contributed by atoms with van der Waals surface area (Å²) in [4.78, 5) is 0. The maximum atomic E-state index is 6.13. The number of nitrogens with zero attached hydrogens (tertiary/aromatic N) is 2. The third-order valence-corrected chi connectivity index (χ3v) is 4.06. The minimum absolute atomic E-state index is 0.204. The van der Waals surface area contributed by atoms with Crippen molar-refractivity contribution in [3.63, 3.8) is 0 Å². The Kier molecular flexibility index (Phi) is 4.14. The number of aromatic nitrogens is 2. The number of rotatable bonds is 4. The van der Waals surface area contributed by atoms with E-state index in [0.717, 1.165) is 31.4 Å². The van der Waals surface area contributed by atoms with Gasteiger partial charge in [0.1, 0.15) is 0 Å². The van der Waals surface area contributed by atoms with Gasteiger partial charge in [0, 0.05) is 24.7 Å². The SMILES string of the molecule is CCC(C)n1ccc(CC2=CC(N)CC(C)(C)C2)n1. The smallest absolute Gasteiger partial charge is 0.0665 e. The Morgan fingerprint density at radius 3 is 2.89 bits per heavy atom. The van der Waals surface area contributed by atoms with Crippen molar-refractivity contribution in [2.24, 2.45) is 11.1 Å². The van der Waals surface area contributed by atoms with Crippen LogP contribution < -0.4 is 5.73 Å². The second-order valence-electron chi connectivity index (χ2n) is 6.76. The molecule has 0 bridgehead atoms. The Morgan fingerprint density at radius 1 is 1.53 bits per heavy atom. The van der Waals surface area contributed by atoms with Crippen molar-refractivity contribution < 1.29 is 0 Å². The van der Waals surface area contributed by atoms with E-state index in [1.54, 1.807) is 0 Å². The molecule has 1 heterocycles. The normalized spacial score (nSPS) is 24.1. The molecular formula is C16H27N3. The number of allylic oxidation sites excluding steroid dienone is 1. The number of hydrogen-bond acceptors (Lipinski definition) is 2. The van der Waals surface area contributed by atoms with E-state index >= 15 is 0 Å². The molecule has 0 radical (unpaired) electrons. The predicted octanol–water partition coefficient (Wildman–Crippen LogP) is 3.47. The van der Waals surface area contributed by atoms with Crippen LogP contribution in [-0.4, -0.2) is 15.8 Å². The van der Waals surface area contributed by atoms with E-state index in [-0.39, 0.29) is 6.04 Å². The highest BCUT2D eigenvalue weighted by Crippen LogP contribution is 2.35. The van der Waals surface area contributed by atoms with Crippen LogP contribution in [0.1, 0.15) is 58.7 Å². The van der Waals surface area contributed by atoms with Gasteiger partial charge in [-0.15, -0.1) is 0 Å². The lowest BCUT2D eigenvalue weighted by molar-refractivity contribution is 0.299. The zero-order valence-electron chi connectivity index (χ0n) is 12.7. The van der Waals surface area contributed by atoms with E-state index in [0.29, 0.717) is 11.5 Å². The molecule has 2 N–H and O–H groups in total. The summed E-state index contributed by atoms with van der Waals surface area (Å²) in [6.07, 6.45) is 8.61. The standard InChI is InChI=1S/C16H27N3/c1-5-12(2)19-7-6-15(18-19)9-13-8-14(17)11-16(3,4)10-13/h6-8,12,14H,5,9-11,17H2,1-4H3. The molecule has 0 saturated heterocycles. The fraction of sp³-hybridized carbons (Fsp3) is 0.688. The molecule has 0 amide bonds. The van der Waals surface area contributed by atoms with Crippen molar-refractivity contribution in [1.82, 2.24) is 9.78 Å². The van der Waals surface area contributed by atoms with Crippen LogP contribution in [0.25, 0.3) is 0 Å². The minimum Gasteiger partial charge on any atom is -0.324 e. The van der Waals surface area contributed by atoms with Gasteiger partial charge in [0.25, 0.3) is 0 Å². The molecule has 2 unspecified atom stereocenters. The second kappa shape index (κ2) is 5.49. The van der Waals surface area contributed by atoms with Gasteiger partial charge in [-0.2, -0.15) is 5.10 Å². The quantitative estimate of drug-likeness (QED) is 0.843. The maximum absolute atomic E-state index is 6.13. The average molecular weight is 261 g/mol. The number of nitrogens with two attached hydrogens (primary N) is 1. The van der Waals surface area contributed by atoms with Crippen LogP contribution in [0.4, 0.5) is 0 Å². The van der Waals surface area contributed by atoms with Crippen molar-refractivity contribution in [1.29, 1.82) is 0 Å². The van der Waals surface area contributed by atoms with Crippen LogP contribution >= 0.6 is 0 Å². The third-order valence-electron chi connectivity index (χ3n) is 4.06. The molecule has 1 aliphatic rings. The van der Waals surface area contributed by atoms with Crippen LogP contribution in [-0.2, 0) is 6.42 Å². The fourth-order valence-electron chi connectivity index (χ4n) is 3.00. The maximum Gasteiger partial charge on any atom is 0.0665 e. The number of hydrogen-bond donors (Lipinski definition) is 1. The van der Waals surface area contributed by atoms with Crippen molar-refractivity contribution in [3.8, 4) is 0 Å². The van der Waals surface area contributed by atoms with Gasteiger partial charge in [0.15, 0.2) is 0 Å². The summed E-state index contributed by atoms with van der Waals surface area (Å²) >= 11 is 0. The van der Waals surface area contributed by atoms with Gasteiger partial charge in [-0.25, -0.2) is 0 Å². The first-order valence-corrected chi connectivity index (χ1v) is 7.39. The summed E-state index contributed by atoms with van der Waals surface area (Å²) in [5.74, 6) is 0. The van der Waals surface area contributed by atoms with Gasteiger partial charge in [-0.1, -0.05) is 32.4 Å². The first kappa shape index (κ1) is 14.3. The fourth-order valence-corrected chi connectivity index (χ4v) is 3.00. The molecule has 0 fully saturated rings. The summed E-state index contributed by atoms with van der Waals surface area (Å²) in [5, 5.41) is 4.68. The van der Waals surface area contributed by atoms with Gasteiger partial charge in [-0.05, 0) is 37.7 Å². The van der Waals surface area contributed by atoms with Gasteiger partial charge in [0.05, 0.1) is 5.69 Å². The highest BCUT2D eigenvalue weighted by atomic mass is 15.3. The van der Waals surface area contributed by atoms with E-state index in [1.807, 2.05) is 0 Å². The van der Waals surface area contributed by atoms with Gasteiger partial charge in [0.2, 0.25) is 0 Å². The van der Waals surface area contributed by atoms with Crippen molar-refractivity contribution in [2.45, 2.75) is 65.5 Å². The van der Waals surface area contributed by atoms with E-state index < -0.39 is 0 Å². The third kappa shape index (κ3) is 3.69. The molecule has 2 atom stereocenters. The molecule has 3 nitrogen and oxygen atoms in total. The molecule has 1 aromatic rings. The van der Waals surface area contributed by atoms with Crippen molar-refractivity contribution in [2.75, 3.05) is 0 Å². The van der Waals surface area contributed by atoms with Gasteiger partial charge in [-0.3, -0.25) is 4.68 Å². The van der Waals surface area contributed by atoms with Gasteiger partial charge < -0.3 is 5.73 Å². The predicted molar refractivity (Wildman–Crippen MR) is 80.0 cm³/mol. The van der Waals surface area contributed by atoms with Crippen molar-refractivity contribution >= 4 is 0 Å². The molecule has 1 aromatic heterocycles. The molecular weight excluding hydrogens is 234 g/mol. The molecule has 2 rings (SSSR count). The van der Waals surface area contributed by atoms with Crippen LogP contribution in [0.3, 0.4) is 0 Å². The summed E-state index contributed by atoms with van der Waals surface area (Å²) in [6.45, 7) is 9.00.